The molecule has 6 heteroatoms. The monoisotopic (exact) mass is 312 g/mol. The highest BCUT2D eigenvalue weighted by molar-refractivity contribution is 7.89. The molecule has 1 aliphatic heterocycles. The van der Waals surface area contributed by atoms with E-state index in [4.69, 9.17) is 4.74 Å². The van der Waals surface area contributed by atoms with Crippen molar-refractivity contribution in [1.29, 1.82) is 0 Å². The Labute approximate surface area is 127 Å². The van der Waals surface area contributed by atoms with Crippen molar-refractivity contribution in [2.45, 2.75) is 37.6 Å². The number of piperidine rings is 1. The molecule has 0 saturated carbocycles. The standard InChI is InChI=1S/C15H24N2O3S/c1-3-17(13-9-11-16-12-10-13)21(18,19)15-7-5-14(6-8-15)20-4-2/h5-8,13,16H,3-4,9-12H2,1-2H3. The van der Waals surface area contributed by atoms with Crippen molar-refractivity contribution in [2.75, 3.05) is 26.2 Å². The number of rotatable bonds is 6. The Morgan fingerprint density at radius 2 is 1.81 bits per heavy atom. The fourth-order valence-electron chi connectivity index (χ4n) is 2.73. The molecule has 1 aromatic carbocycles. The molecule has 1 aliphatic rings. The van der Waals surface area contributed by atoms with Crippen molar-refractivity contribution in [3.63, 3.8) is 0 Å². The van der Waals surface area contributed by atoms with Crippen molar-refractivity contribution in [3.05, 3.63) is 24.3 Å². The number of benzene rings is 1. The van der Waals surface area contributed by atoms with Crippen molar-refractivity contribution in [1.82, 2.24) is 9.62 Å². The number of hydrogen-bond donors (Lipinski definition) is 1. The summed E-state index contributed by atoms with van der Waals surface area (Å²) >= 11 is 0. The summed E-state index contributed by atoms with van der Waals surface area (Å²) in [5, 5.41) is 3.27. The lowest BCUT2D eigenvalue weighted by Crippen LogP contribution is -2.45. The maximum Gasteiger partial charge on any atom is 0.243 e. The van der Waals surface area contributed by atoms with Gasteiger partial charge in [-0.1, -0.05) is 6.92 Å². The van der Waals surface area contributed by atoms with E-state index >= 15 is 0 Å². The van der Waals surface area contributed by atoms with Gasteiger partial charge in [0.05, 0.1) is 11.5 Å². The molecular formula is C15H24N2O3S. The van der Waals surface area contributed by atoms with E-state index in [9.17, 15) is 8.42 Å². The molecule has 0 unspecified atom stereocenters. The quantitative estimate of drug-likeness (QED) is 0.871. The molecule has 0 atom stereocenters. The zero-order valence-electron chi connectivity index (χ0n) is 12.7. The average Bonchev–Trinajstić information content (AvgIpc) is 2.50. The van der Waals surface area contributed by atoms with E-state index in [1.165, 1.54) is 0 Å². The lowest BCUT2D eigenvalue weighted by Gasteiger charge is -2.33. The first-order chi connectivity index (χ1) is 10.1. The van der Waals surface area contributed by atoms with Gasteiger partial charge >= 0.3 is 0 Å². The third-order valence-electron chi connectivity index (χ3n) is 3.77. The largest absolute Gasteiger partial charge is 0.494 e. The van der Waals surface area contributed by atoms with Gasteiger partial charge in [-0.2, -0.15) is 4.31 Å². The third kappa shape index (κ3) is 3.75. The lowest BCUT2D eigenvalue weighted by molar-refractivity contribution is 0.270. The van der Waals surface area contributed by atoms with Gasteiger partial charge in [0.25, 0.3) is 0 Å². The van der Waals surface area contributed by atoms with Crippen LogP contribution in [0.25, 0.3) is 0 Å². The van der Waals surface area contributed by atoms with Gasteiger partial charge in [0.1, 0.15) is 5.75 Å². The summed E-state index contributed by atoms with van der Waals surface area (Å²) in [6.07, 6.45) is 1.73. The van der Waals surface area contributed by atoms with Crippen LogP contribution in [0.3, 0.4) is 0 Å². The van der Waals surface area contributed by atoms with E-state index in [0.717, 1.165) is 25.9 Å². The van der Waals surface area contributed by atoms with Crippen LogP contribution in [0.1, 0.15) is 26.7 Å². The molecule has 0 amide bonds. The van der Waals surface area contributed by atoms with Crippen LogP contribution in [-0.2, 0) is 10.0 Å². The van der Waals surface area contributed by atoms with Crippen molar-refractivity contribution in [3.8, 4) is 5.75 Å². The highest BCUT2D eigenvalue weighted by atomic mass is 32.2. The maximum atomic E-state index is 12.8. The van der Waals surface area contributed by atoms with Gasteiger partial charge in [0.15, 0.2) is 0 Å². The van der Waals surface area contributed by atoms with Gasteiger partial charge in [-0.25, -0.2) is 8.42 Å². The summed E-state index contributed by atoms with van der Waals surface area (Å²) in [5.41, 5.74) is 0. The molecule has 0 radical (unpaired) electrons. The number of ether oxygens (including phenoxy) is 1. The van der Waals surface area contributed by atoms with Crippen molar-refractivity contribution >= 4 is 10.0 Å². The first-order valence-electron chi connectivity index (χ1n) is 7.55. The second-order valence-corrected chi connectivity index (χ2v) is 6.98. The summed E-state index contributed by atoms with van der Waals surface area (Å²) < 4.78 is 32.6. The molecule has 1 fully saturated rings. The van der Waals surface area contributed by atoms with E-state index in [2.05, 4.69) is 5.32 Å². The second-order valence-electron chi connectivity index (χ2n) is 5.09. The zero-order chi connectivity index (χ0) is 15.3. The Bertz CT molecular complexity index is 537. The van der Waals surface area contributed by atoms with Crippen LogP contribution in [-0.4, -0.2) is 45.0 Å². The minimum absolute atomic E-state index is 0.0906. The minimum atomic E-state index is -3.43. The summed E-state index contributed by atoms with van der Waals surface area (Å²) in [6, 6.07) is 6.78. The molecule has 1 saturated heterocycles. The summed E-state index contributed by atoms with van der Waals surface area (Å²) in [6.45, 7) is 6.62. The van der Waals surface area contributed by atoms with Gasteiger partial charge in [0.2, 0.25) is 10.0 Å². The molecule has 0 aromatic heterocycles. The van der Waals surface area contributed by atoms with Gasteiger partial charge in [-0.15, -0.1) is 0 Å². The second kappa shape index (κ2) is 7.24. The van der Waals surface area contributed by atoms with Gasteiger partial charge in [-0.05, 0) is 57.1 Å². The summed E-state index contributed by atoms with van der Waals surface area (Å²) in [7, 11) is -3.43. The molecule has 2 rings (SSSR count). The van der Waals surface area contributed by atoms with E-state index in [-0.39, 0.29) is 6.04 Å². The fourth-order valence-corrected chi connectivity index (χ4v) is 4.42. The topological polar surface area (TPSA) is 58.6 Å². The van der Waals surface area contributed by atoms with Crippen LogP contribution < -0.4 is 10.1 Å². The third-order valence-corrected chi connectivity index (χ3v) is 5.81. The van der Waals surface area contributed by atoms with Crippen LogP contribution in [0.4, 0.5) is 0 Å². The molecule has 0 spiro atoms. The van der Waals surface area contributed by atoms with Crippen molar-refractivity contribution in [2.24, 2.45) is 0 Å². The van der Waals surface area contributed by atoms with Crippen LogP contribution in [0.15, 0.2) is 29.2 Å². The number of nitrogens with zero attached hydrogens (tertiary/aromatic N) is 1. The van der Waals surface area contributed by atoms with Crippen LogP contribution >= 0.6 is 0 Å². The molecule has 1 aromatic rings. The SMILES string of the molecule is CCOc1ccc(S(=O)(=O)N(CC)C2CCNCC2)cc1. The minimum Gasteiger partial charge on any atom is -0.494 e. The van der Waals surface area contributed by atoms with Crippen LogP contribution in [0.2, 0.25) is 0 Å². The lowest BCUT2D eigenvalue weighted by atomic mass is 10.1. The molecule has 0 aliphatic carbocycles. The predicted octanol–water partition coefficient (Wildman–Crippen LogP) is 1.85. The molecule has 21 heavy (non-hydrogen) atoms. The zero-order valence-corrected chi connectivity index (χ0v) is 13.5. The Morgan fingerprint density at radius 1 is 1.19 bits per heavy atom. The predicted molar refractivity (Wildman–Crippen MR) is 83.1 cm³/mol. The van der Waals surface area contributed by atoms with Crippen molar-refractivity contribution < 1.29 is 13.2 Å². The first-order valence-corrected chi connectivity index (χ1v) is 8.99. The van der Waals surface area contributed by atoms with E-state index in [1.807, 2.05) is 13.8 Å². The molecule has 118 valence electrons. The van der Waals surface area contributed by atoms with Crippen LogP contribution in [0, 0.1) is 0 Å². The summed E-state index contributed by atoms with van der Waals surface area (Å²) in [5.74, 6) is 0.696. The van der Waals surface area contributed by atoms with Crippen LogP contribution in [0.5, 0.6) is 5.75 Å². The Kier molecular flexibility index (Phi) is 5.61. The van der Waals surface area contributed by atoms with Gasteiger partial charge in [0, 0.05) is 12.6 Å². The smallest absolute Gasteiger partial charge is 0.243 e. The van der Waals surface area contributed by atoms with E-state index in [1.54, 1.807) is 28.6 Å². The Morgan fingerprint density at radius 3 is 2.33 bits per heavy atom. The molecule has 1 N–H and O–H groups in total. The average molecular weight is 312 g/mol. The molecule has 1 heterocycles. The maximum absolute atomic E-state index is 12.8. The normalized spacial score (nSPS) is 17.1. The molecular weight excluding hydrogens is 288 g/mol. The number of hydrogen-bond acceptors (Lipinski definition) is 4. The van der Waals surface area contributed by atoms with Gasteiger partial charge < -0.3 is 10.1 Å². The highest BCUT2D eigenvalue weighted by Crippen LogP contribution is 2.24. The number of nitrogens with one attached hydrogen (secondary N) is 1. The van der Waals surface area contributed by atoms with E-state index in [0.29, 0.717) is 23.8 Å². The molecule has 0 bridgehead atoms. The highest BCUT2D eigenvalue weighted by Gasteiger charge is 2.30. The van der Waals surface area contributed by atoms with Gasteiger partial charge in [-0.3, -0.25) is 0 Å². The first kappa shape index (κ1) is 16.3. The number of sulfonamides is 1. The fraction of sp³-hybridized carbons (Fsp3) is 0.600. The Balaban J connectivity index is 2.21. The summed E-state index contributed by atoms with van der Waals surface area (Å²) in [4.78, 5) is 0.339. The Hall–Kier alpha value is -1.11. The molecule has 5 nitrogen and oxygen atoms in total. The van der Waals surface area contributed by atoms with E-state index < -0.39 is 10.0 Å².